The monoisotopic (exact) mass is 380 g/mol. The first-order valence-corrected chi connectivity index (χ1v) is 9.28. The molecule has 0 aliphatic carbocycles. The van der Waals surface area contributed by atoms with Crippen LogP contribution in [0.2, 0.25) is 0 Å². The highest BCUT2D eigenvalue weighted by molar-refractivity contribution is 7.89. The van der Waals surface area contributed by atoms with Gasteiger partial charge in [0.05, 0.1) is 13.7 Å². The lowest BCUT2D eigenvalue weighted by atomic mass is 10.2. The van der Waals surface area contributed by atoms with Gasteiger partial charge in [-0.25, -0.2) is 12.8 Å². The maximum atomic E-state index is 13.8. The summed E-state index contributed by atoms with van der Waals surface area (Å²) in [6.07, 6.45) is 2.02. The predicted octanol–water partition coefficient (Wildman–Crippen LogP) is 1.60. The molecule has 1 aromatic carbocycles. The standard InChI is InChI=1S/C17H17FN2O5S/c1-24-17(21)15-9-12(25-16-7-3-2-6-14(16)18)11-20(15)26(22,23)13-5-4-8-19-10-13/h2-8,10,12,15H,9,11H2,1H3. The maximum Gasteiger partial charge on any atom is 0.324 e. The largest absolute Gasteiger partial charge is 0.486 e. The predicted molar refractivity (Wildman–Crippen MR) is 89.4 cm³/mol. The van der Waals surface area contributed by atoms with Gasteiger partial charge in [-0.3, -0.25) is 9.78 Å². The second-order valence-electron chi connectivity index (χ2n) is 5.71. The Balaban J connectivity index is 1.88. The Hall–Kier alpha value is -2.52. The topological polar surface area (TPSA) is 85.8 Å². The number of benzene rings is 1. The van der Waals surface area contributed by atoms with Crippen molar-refractivity contribution in [1.82, 2.24) is 9.29 Å². The van der Waals surface area contributed by atoms with Crippen LogP contribution in [0.15, 0.2) is 53.7 Å². The van der Waals surface area contributed by atoms with Gasteiger partial charge in [0.1, 0.15) is 17.0 Å². The molecule has 7 nitrogen and oxygen atoms in total. The van der Waals surface area contributed by atoms with Gasteiger partial charge in [-0.05, 0) is 24.3 Å². The molecule has 2 atom stereocenters. The van der Waals surface area contributed by atoms with Gasteiger partial charge < -0.3 is 9.47 Å². The molecule has 1 saturated heterocycles. The van der Waals surface area contributed by atoms with E-state index in [1.165, 1.54) is 49.8 Å². The molecule has 0 saturated carbocycles. The molecule has 9 heteroatoms. The molecule has 0 spiro atoms. The van der Waals surface area contributed by atoms with Crippen LogP contribution in [0.4, 0.5) is 4.39 Å². The van der Waals surface area contributed by atoms with E-state index in [9.17, 15) is 17.6 Å². The Bertz CT molecular complexity index is 891. The van der Waals surface area contributed by atoms with Crippen LogP contribution in [-0.4, -0.2) is 49.5 Å². The summed E-state index contributed by atoms with van der Waals surface area (Å²) in [4.78, 5) is 15.9. The van der Waals surface area contributed by atoms with Crippen molar-refractivity contribution in [2.75, 3.05) is 13.7 Å². The van der Waals surface area contributed by atoms with Crippen molar-refractivity contribution in [2.24, 2.45) is 0 Å². The lowest BCUT2D eigenvalue weighted by Gasteiger charge is -2.21. The fourth-order valence-corrected chi connectivity index (χ4v) is 4.41. The Labute approximate surface area is 150 Å². The summed E-state index contributed by atoms with van der Waals surface area (Å²) in [6.45, 7) is -0.106. The number of hydrogen-bond donors (Lipinski definition) is 0. The Morgan fingerprint density at radius 1 is 1.27 bits per heavy atom. The molecule has 2 unspecified atom stereocenters. The lowest BCUT2D eigenvalue weighted by Crippen LogP contribution is -2.41. The van der Waals surface area contributed by atoms with E-state index in [2.05, 4.69) is 4.98 Å². The van der Waals surface area contributed by atoms with Crippen molar-refractivity contribution < 1.29 is 27.1 Å². The molecule has 0 amide bonds. The number of carbonyl (C=O) groups is 1. The van der Waals surface area contributed by atoms with Gasteiger partial charge >= 0.3 is 5.97 Å². The molecule has 138 valence electrons. The minimum absolute atomic E-state index is 0.00161. The Morgan fingerprint density at radius 3 is 2.69 bits per heavy atom. The summed E-state index contributed by atoms with van der Waals surface area (Å²) in [5, 5.41) is 0. The van der Waals surface area contributed by atoms with Gasteiger partial charge in [0.25, 0.3) is 0 Å². The molecular weight excluding hydrogens is 363 g/mol. The molecular formula is C17H17FN2O5S. The summed E-state index contributed by atoms with van der Waals surface area (Å²) in [5.41, 5.74) is 0. The van der Waals surface area contributed by atoms with E-state index in [0.717, 1.165) is 4.31 Å². The van der Waals surface area contributed by atoms with Gasteiger partial charge in [0.2, 0.25) is 10.0 Å². The van der Waals surface area contributed by atoms with Crippen LogP contribution >= 0.6 is 0 Å². The summed E-state index contributed by atoms with van der Waals surface area (Å²) >= 11 is 0. The van der Waals surface area contributed by atoms with Crippen molar-refractivity contribution in [3.05, 3.63) is 54.6 Å². The van der Waals surface area contributed by atoms with Gasteiger partial charge in [-0.2, -0.15) is 4.31 Å². The third-order valence-corrected chi connectivity index (χ3v) is 5.92. The molecule has 0 radical (unpaired) electrons. The fraction of sp³-hybridized carbons (Fsp3) is 0.294. The van der Waals surface area contributed by atoms with Crippen molar-refractivity contribution in [1.29, 1.82) is 0 Å². The number of rotatable bonds is 5. The molecule has 26 heavy (non-hydrogen) atoms. The van der Waals surface area contributed by atoms with Crippen molar-refractivity contribution in [3.63, 3.8) is 0 Å². The highest BCUT2D eigenvalue weighted by atomic mass is 32.2. The summed E-state index contributed by atoms with van der Waals surface area (Å²) < 4.78 is 50.9. The minimum atomic E-state index is -3.98. The van der Waals surface area contributed by atoms with Crippen LogP contribution in [0, 0.1) is 5.82 Å². The number of aromatic nitrogens is 1. The van der Waals surface area contributed by atoms with Crippen LogP contribution in [-0.2, 0) is 19.6 Å². The number of hydrogen-bond acceptors (Lipinski definition) is 6. The van der Waals surface area contributed by atoms with Gasteiger partial charge in [0, 0.05) is 18.8 Å². The molecule has 1 fully saturated rings. The van der Waals surface area contributed by atoms with E-state index in [4.69, 9.17) is 9.47 Å². The zero-order valence-electron chi connectivity index (χ0n) is 13.9. The number of methoxy groups -OCH3 is 1. The first-order valence-electron chi connectivity index (χ1n) is 7.84. The molecule has 1 aliphatic rings. The van der Waals surface area contributed by atoms with Gasteiger partial charge in [0.15, 0.2) is 11.6 Å². The molecule has 1 aliphatic heterocycles. The quantitative estimate of drug-likeness (QED) is 0.733. The molecule has 0 N–H and O–H groups in total. The maximum absolute atomic E-state index is 13.8. The highest BCUT2D eigenvalue weighted by Gasteiger charge is 2.45. The Kier molecular flexibility index (Phi) is 5.19. The summed E-state index contributed by atoms with van der Waals surface area (Å²) in [6, 6.07) is 7.64. The molecule has 0 bridgehead atoms. The number of para-hydroxylation sites is 1. The highest BCUT2D eigenvalue weighted by Crippen LogP contribution is 2.30. The number of carbonyl (C=O) groups excluding carboxylic acids is 1. The van der Waals surface area contributed by atoms with E-state index in [-0.39, 0.29) is 23.6 Å². The smallest absolute Gasteiger partial charge is 0.324 e. The van der Waals surface area contributed by atoms with Crippen LogP contribution in [0.25, 0.3) is 0 Å². The SMILES string of the molecule is COC(=O)C1CC(Oc2ccccc2F)CN1S(=O)(=O)c1cccnc1. The minimum Gasteiger partial charge on any atom is -0.486 e. The fourth-order valence-electron chi connectivity index (χ4n) is 2.82. The zero-order valence-corrected chi connectivity index (χ0v) is 14.7. The van der Waals surface area contributed by atoms with E-state index in [1.807, 2.05) is 0 Å². The first kappa shape index (κ1) is 18.3. The average molecular weight is 380 g/mol. The molecule has 2 heterocycles. The van der Waals surface area contributed by atoms with E-state index in [0.29, 0.717) is 0 Å². The average Bonchev–Trinajstić information content (AvgIpc) is 3.08. The number of pyridine rings is 1. The number of sulfonamides is 1. The van der Waals surface area contributed by atoms with Crippen molar-refractivity contribution in [2.45, 2.75) is 23.5 Å². The van der Waals surface area contributed by atoms with E-state index in [1.54, 1.807) is 6.07 Å². The molecule has 1 aromatic heterocycles. The van der Waals surface area contributed by atoms with E-state index < -0.39 is 34.0 Å². The summed E-state index contributed by atoms with van der Waals surface area (Å²) in [5.74, 6) is -1.26. The third-order valence-electron chi connectivity index (χ3n) is 4.06. The second-order valence-corrected chi connectivity index (χ2v) is 7.60. The van der Waals surface area contributed by atoms with Crippen molar-refractivity contribution in [3.8, 4) is 5.75 Å². The van der Waals surface area contributed by atoms with Crippen molar-refractivity contribution >= 4 is 16.0 Å². The first-order chi connectivity index (χ1) is 12.4. The molecule has 2 aromatic rings. The van der Waals surface area contributed by atoms with Gasteiger partial charge in [-0.15, -0.1) is 0 Å². The van der Waals surface area contributed by atoms with Crippen LogP contribution < -0.4 is 4.74 Å². The van der Waals surface area contributed by atoms with Gasteiger partial charge in [-0.1, -0.05) is 12.1 Å². The summed E-state index contributed by atoms with van der Waals surface area (Å²) in [7, 11) is -2.80. The second kappa shape index (κ2) is 7.38. The zero-order chi connectivity index (χ0) is 18.7. The number of halogens is 1. The molecule has 3 rings (SSSR count). The number of nitrogens with zero attached hydrogens (tertiary/aromatic N) is 2. The Morgan fingerprint density at radius 2 is 2.04 bits per heavy atom. The third kappa shape index (κ3) is 3.54. The lowest BCUT2D eigenvalue weighted by molar-refractivity contribution is -0.144. The number of ether oxygens (including phenoxy) is 2. The van der Waals surface area contributed by atoms with Crippen LogP contribution in [0.3, 0.4) is 0 Å². The van der Waals surface area contributed by atoms with E-state index >= 15 is 0 Å². The van der Waals surface area contributed by atoms with Crippen LogP contribution in [0.5, 0.6) is 5.75 Å². The number of esters is 1. The normalized spacial score (nSPS) is 20.7. The van der Waals surface area contributed by atoms with Crippen LogP contribution in [0.1, 0.15) is 6.42 Å².